The molecule has 1 aliphatic rings. The van der Waals surface area contributed by atoms with Crippen LogP contribution in [0.15, 0.2) is 24.3 Å². The molecule has 2 N–H and O–H groups in total. The van der Waals surface area contributed by atoms with Crippen LogP contribution < -0.4 is 10.5 Å². The second-order valence-electron chi connectivity index (χ2n) is 2.99. The van der Waals surface area contributed by atoms with Crippen LogP contribution in [-0.2, 0) is 4.79 Å². The second-order valence-corrected chi connectivity index (χ2v) is 2.99. The van der Waals surface area contributed by atoms with Gasteiger partial charge in [0.15, 0.2) is 6.10 Å². The van der Waals surface area contributed by atoms with E-state index in [9.17, 15) is 4.79 Å². The van der Waals surface area contributed by atoms with Crippen molar-refractivity contribution in [1.82, 2.24) is 0 Å². The zero-order valence-electron chi connectivity index (χ0n) is 7.07. The Balaban J connectivity index is 2.24. The van der Waals surface area contributed by atoms with Gasteiger partial charge in [-0.2, -0.15) is 0 Å². The minimum absolute atomic E-state index is 0.411. The number of primary amides is 1. The number of carbonyl (C=O) groups is 1. The molecule has 0 saturated heterocycles. The molecule has 0 aromatic heterocycles. The van der Waals surface area contributed by atoms with Crippen molar-refractivity contribution in [3.05, 3.63) is 36.2 Å². The van der Waals surface area contributed by atoms with Crippen LogP contribution in [0, 0.1) is 6.42 Å². The minimum atomic E-state index is -0.505. The van der Waals surface area contributed by atoms with Crippen molar-refractivity contribution in [2.24, 2.45) is 5.73 Å². The van der Waals surface area contributed by atoms with Crippen molar-refractivity contribution >= 4 is 5.91 Å². The second kappa shape index (κ2) is 3.09. The highest BCUT2D eigenvalue weighted by Gasteiger charge is 2.23. The summed E-state index contributed by atoms with van der Waals surface area (Å²) in [6, 6.07) is 7.59. The monoisotopic (exact) mass is 176 g/mol. The zero-order valence-corrected chi connectivity index (χ0v) is 7.07. The molecule has 0 spiro atoms. The van der Waals surface area contributed by atoms with Crippen molar-refractivity contribution in [2.45, 2.75) is 12.5 Å². The summed E-state index contributed by atoms with van der Waals surface area (Å²) in [7, 11) is 0. The lowest BCUT2D eigenvalue weighted by Crippen LogP contribution is -2.35. The van der Waals surface area contributed by atoms with Crippen LogP contribution in [0.5, 0.6) is 5.75 Å². The number of nitrogens with two attached hydrogens (primary N) is 1. The number of fused-ring (bicyclic) bond motifs is 1. The Morgan fingerprint density at radius 1 is 1.46 bits per heavy atom. The zero-order chi connectivity index (χ0) is 9.26. The lowest BCUT2D eigenvalue weighted by Gasteiger charge is -2.23. The van der Waals surface area contributed by atoms with Crippen molar-refractivity contribution in [1.29, 1.82) is 0 Å². The van der Waals surface area contributed by atoms with Gasteiger partial charge in [-0.1, -0.05) is 18.2 Å². The van der Waals surface area contributed by atoms with E-state index in [0.717, 1.165) is 11.3 Å². The molecule has 2 rings (SSSR count). The van der Waals surface area contributed by atoms with E-state index in [2.05, 4.69) is 0 Å². The maximum Gasteiger partial charge on any atom is 0.258 e. The molecule has 1 aliphatic heterocycles. The largest absolute Gasteiger partial charge is 0.480 e. The third kappa shape index (κ3) is 1.49. The molecule has 0 fully saturated rings. The molecule has 1 unspecified atom stereocenters. The Morgan fingerprint density at radius 2 is 2.23 bits per heavy atom. The SMILES string of the molecule is NC(=O)C1C[CH]c2ccccc2O1. The van der Waals surface area contributed by atoms with Gasteiger partial charge in [-0.25, -0.2) is 0 Å². The Kier molecular flexibility index (Phi) is 1.93. The number of benzene rings is 1. The van der Waals surface area contributed by atoms with Crippen LogP contribution in [0.4, 0.5) is 0 Å². The summed E-state index contributed by atoms with van der Waals surface area (Å²) in [6.07, 6.45) is 2.02. The molecule has 1 amide bonds. The van der Waals surface area contributed by atoms with E-state index in [0.29, 0.717) is 6.42 Å². The summed E-state index contributed by atoms with van der Waals surface area (Å²) < 4.78 is 5.39. The first kappa shape index (κ1) is 8.10. The summed E-state index contributed by atoms with van der Waals surface area (Å²) in [6.45, 7) is 0. The van der Waals surface area contributed by atoms with Crippen LogP contribution in [0.25, 0.3) is 0 Å². The fraction of sp³-hybridized carbons (Fsp3) is 0.200. The number of hydrogen-bond donors (Lipinski definition) is 1. The van der Waals surface area contributed by atoms with E-state index >= 15 is 0 Å². The molecule has 67 valence electrons. The average Bonchev–Trinajstić information content (AvgIpc) is 2.17. The molecule has 1 aromatic rings. The molecule has 1 atom stereocenters. The van der Waals surface area contributed by atoms with E-state index in [1.807, 2.05) is 30.7 Å². The number of carbonyl (C=O) groups excluding carboxylic acids is 1. The van der Waals surface area contributed by atoms with E-state index in [1.54, 1.807) is 0 Å². The van der Waals surface area contributed by atoms with E-state index in [1.165, 1.54) is 0 Å². The Hall–Kier alpha value is -1.51. The normalized spacial score (nSPS) is 20.2. The highest BCUT2D eigenvalue weighted by Crippen LogP contribution is 2.27. The van der Waals surface area contributed by atoms with Crippen LogP contribution >= 0.6 is 0 Å². The number of ether oxygens (including phenoxy) is 1. The van der Waals surface area contributed by atoms with Gasteiger partial charge >= 0.3 is 0 Å². The Morgan fingerprint density at radius 3 is 3.00 bits per heavy atom. The maximum absolute atomic E-state index is 10.8. The number of rotatable bonds is 1. The topological polar surface area (TPSA) is 52.3 Å². The molecule has 13 heavy (non-hydrogen) atoms. The third-order valence-corrected chi connectivity index (χ3v) is 2.06. The van der Waals surface area contributed by atoms with Gasteiger partial charge in [-0.3, -0.25) is 4.79 Å². The molecule has 0 saturated carbocycles. The summed E-state index contributed by atoms with van der Waals surface area (Å²) >= 11 is 0. The lowest BCUT2D eigenvalue weighted by atomic mass is 10.0. The molecule has 0 aliphatic carbocycles. The van der Waals surface area contributed by atoms with Crippen molar-refractivity contribution in [2.75, 3.05) is 0 Å². The molecular formula is C10H10NO2. The highest BCUT2D eigenvalue weighted by molar-refractivity contribution is 5.80. The smallest absolute Gasteiger partial charge is 0.258 e. The van der Waals surface area contributed by atoms with Gasteiger partial charge in [-0.05, 0) is 18.1 Å². The van der Waals surface area contributed by atoms with Gasteiger partial charge in [-0.15, -0.1) is 0 Å². The molecule has 1 heterocycles. The van der Waals surface area contributed by atoms with Gasteiger partial charge in [0.1, 0.15) is 5.75 Å². The first-order valence-corrected chi connectivity index (χ1v) is 4.15. The van der Waals surface area contributed by atoms with Gasteiger partial charge in [0.05, 0.1) is 0 Å². The third-order valence-electron chi connectivity index (χ3n) is 2.06. The van der Waals surface area contributed by atoms with Crippen molar-refractivity contribution in [3.8, 4) is 5.75 Å². The van der Waals surface area contributed by atoms with Crippen LogP contribution in [0.3, 0.4) is 0 Å². The van der Waals surface area contributed by atoms with E-state index in [4.69, 9.17) is 10.5 Å². The van der Waals surface area contributed by atoms with Crippen molar-refractivity contribution < 1.29 is 9.53 Å². The van der Waals surface area contributed by atoms with Gasteiger partial charge in [0.2, 0.25) is 0 Å². The fourth-order valence-corrected chi connectivity index (χ4v) is 1.37. The minimum Gasteiger partial charge on any atom is -0.480 e. The number of para-hydroxylation sites is 1. The molecular weight excluding hydrogens is 166 g/mol. The molecule has 1 aromatic carbocycles. The summed E-state index contributed by atoms with van der Waals surface area (Å²) in [5, 5.41) is 0. The van der Waals surface area contributed by atoms with Crippen LogP contribution in [0.2, 0.25) is 0 Å². The highest BCUT2D eigenvalue weighted by atomic mass is 16.5. The van der Waals surface area contributed by atoms with Gasteiger partial charge in [0.25, 0.3) is 5.91 Å². The average molecular weight is 176 g/mol. The number of amides is 1. The first-order valence-electron chi connectivity index (χ1n) is 4.15. The Labute approximate surface area is 76.5 Å². The van der Waals surface area contributed by atoms with E-state index in [-0.39, 0.29) is 0 Å². The fourth-order valence-electron chi connectivity index (χ4n) is 1.37. The van der Waals surface area contributed by atoms with Gasteiger partial charge in [0, 0.05) is 6.42 Å². The van der Waals surface area contributed by atoms with Crippen LogP contribution in [-0.4, -0.2) is 12.0 Å². The summed E-state index contributed by atoms with van der Waals surface area (Å²) in [4.78, 5) is 10.8. The maximum atomic E-state index is 10.8. The Bertz CT molecular complexity index is 335. The predicted molar refractivity (Wildman–Crippen MR) is 48.1 cm³/mol. The summed E-state index contributed by atoms with van der Waals surface area (Å²) in [5.41, 5.74) is 6.17. The quantitative estimate of drug-likeness (QED) is 0.690. The predicted octanol–water partition coefficient (Wildman–Crippen LogP) is 0.875. The van der Waals surface area contributed by atoms with Gasteiger partial charge < -0.3 is 10.5 Å². The summed E-state index contributed by atoms with van der Waals surface area (Å²) in [5.74, 6) is 0.323. The standard InChI is InChI=1S/C10H10NO2/c11-10(12)9-6-5-7-3-1-2-4-8(7)13-9/h1-5,9H,6H2,(H2,11,12). The first-order chi connectivity index (χ1) is 6.27. The molecule has 3 heteroatoms. The molecule has 3 nitrogen and oxygen atoms in total. The number of hydrogen-bond acceptors (Lipinski definition) is 2. The van der Waals surface area contributed by atoms with Crippen LogP contribution in [0.1, 0.15) is 12.0 Å². The molecule has 0 bridgehead atoms. The lowest BCUT2D eigenvalue weighted by molar-refractivity contribution is -0.124. The van der Waals surface area contributed by atoms with E-state index < -0.39 is 12.0 Å². The molecule has 1 radical (unpaired) electrons. The van der Waals surface area contributed by atoms with Crippen molar-refractivity contribution in [3.63, 3.8) is 0 Å².